The minimum Gasteiger partial charge on any atom is -0.375 e. The fourth-order valence-electron chi connectivity index (χ4n) is 4.15. The third-order valence-electron chi connectivity index (χ3n) is 5.48. The van der Waals surface area contributed by atoms with E-state index in [1.54, 1.807) is 0 Å². The van der Waals surface area contributed by atoms with Crippen molar-refractivity contribution in [3.05, 3.63) is 35.9 Å². The smallest absolute Gasteiger partial charge is 0.0721 e. The molecule has 3 atom stereocenters. The summed E-state index contributed by atoms with van der Waals surface area (Å²) in [6.45, 7) is 3.16. The van der Waals surface area contributed by atoms with E-state index in [4.69, 9.17) is 4.74 Å². The Labute approximate surface area is 127 Å². The van der Waals surface area contributed by atoms with Crippen molar-refractivity contribution in [2.75, 3.05) is 19.7 Å². The molecule has 1 spiro atoms. The summed E-state index contributed by atoms with van der Waals surface area (Å²) in [4.78, 5) is 0. The van der Waals surface area contributed by atoms with Gasteiger partial charge in [-0.3, -0.25) is 0 Å². The maximum atomic E-state index is 6.17. The van der Waals surface area contributed by atoms with E-state index in [2.05, 4.69) is 41.0 Å². The highest BCUT2D eigenvalue weighted by Gasteiger charge is 2.43. The van der Waals surface area contributed by atoms with Crippen molar-refractivity contribution in [2.45, 2.75) is 55.7 Å². The van der Waals surface area contributed by atoms with Gasteiger partial charge in [0, 0.05) is 24.6 Å². The molecule has 21 heavy (non-hydrogen) atoms. The molecule has 0 amide bonds. The van der Waals surface area contributed by atoms with Crippen LogP contribution in [0.25, 0.3) is 0 Å². The average molecular weight is 286 g/mol. The van der Waals surface area contributed by atoms with Gasteiger partial charge in [0.2, 0.25) is 0 Å². The molecule has 0 aromatic heterocycles. The van der Waals surface area contributed by atoms with Gasteiger partial charge in [0.25, 0.3) is 0 Å². The van der Waals surface area contributed by atoms with Crippen LogP contribution in [-0.4, -0.2) is 37.4 Å². The van der Waals surface area contributed by atoms with Crippen LogP contribution < -0.4 is 10.6 Å². The first-order chi connectivity index (χ1) is 10.3. The highest BCUT2D eigenvalue weighted by atomic mass is 16.5. The first-order valence-corrected chi connectivity index (χ1v) is 8.50. The molecule has 2 heterocycles. The van der Waals surface area contributed by atoms with Crippen molar-refractivity contribution < 1.29 is 4.74 Å². The monoisotopic (exact) mass is 286 g/mol. The van der Waals surface area contributed by atoms with Gasteiger partial charge in [0.15, 0.2) is 0 Å². The quantitative estimate of drug-likeness (QED) is 0.895. The standard InChI is InChI=1S/C18H26N2O/c1-2-4-14(5-3-1)16-12-17(16)20-15-6-11-21-18(13-15)7-9-19-10-8-18/h1-5,15-17,19-20H,6-13H2/t15-,16-,17+/m0/s1. The summed E-state index contributed by atoms with van der Waals surface area (Å²) < 4.78 is 6.17. The van der Waals surface area contributed by atoms with E-state index < -0.39 is 0 Å². The highest BCUT2D eigenvalue weighted by Crippen LogP contribution is 2.42. The van der Waals surface area contributed by atoms with Crippen LogP contribution >= 0.6 is 0 Å². The summed E-state index contributed by atoms with van der Waals surface area (Å²) in [6, 6.07) is 12.3. The van der Waals surface area contributed by atoms with Gasteiger partial charge in [-0.15, -0.1) is 0 Å². The van der Waals surface area contributed by atoms with Gasteiger partial charge in [0.05, 0.1) is 5.60 Å². The van der Waals surface area contributed by atoms with E-state index in [1.165, 1.54) is 37.7 Å². The Bertz CT molecular complexity index is 464. The van der Waals surface area contributed by atoms with Gasteiger partial charge in [0.1, 0.15) is 0 Å². The Balaban J connectivity index is 1.33. The number of piperidine rings is 1. The molecule has 3 aliphatic rings. The Morgan fingerprint density at radius 3 is 2.76 bits per heavy atom. The number of nitrogens with one attached hydrogen (secondary N) is 2. The molecule has 1 aliphatic carbocycles. The molecule has 3 fully saturated rings. The number of benzene rings is 1. The molecule has 0 unspecified atom stereocenters. The lowest BCUT2D eigenvalue weighted by molar-refractivity contribution is -0.105. The molecule has 1 aromatic carbocycles. The van der Waals surface area contributed by atoms with Crippen LogP contribution in [0.2, 0.25) is 0 Å². The van der Waals surface area contributed by atoms with Crippen LogP contribution in [0.5, 0.6) is 0 Å². The number of rotatable bonds is 3. The largest absolute Gasteiger partial charge is 0.375 e. The van der Waals surface area contributed by atoms with Crippen LogP contribution in [0.15, 0.2) is 30.3 Å². The van der Waals surface area contributed by atoms with E-state index in [0.717, 1.165) is 25.6 Å². The molecular weight excluding hydrogens is 260 g/mol. The van der Waals surface area contributed by atoms with Gasteiger partial charge in [-0.1, -0.05) is 30.3 Å². The first-order valence-electron chi connectivity index (χ1n) is 8.50. The lowest BCUT2D eigenvalue weighted by Gasteiger charge is -2.44. The third kappa shape index (κ3) is 3.01. The van der Waals surface area contributed by atoms with E-state index in [1.807, 2.05) is 0 Å². The summed E-state index contributed by atoms with van der Waals surface area (Å²) >= 11 is 0. The van der Waals surface area contributed by atoms with Crippen LogP contribution in [0, 0.1) is 0 Å². The zero-order chi connectivity index (χ0) is 14.1. The van der Waals surface area contributed by atoms with Crippen molar-refractivity contribution >= 4 is 0 Å². The van der Waals surface area contributed by atoms with Gasteiger partial charge in [-0.2, -0.15) is 0 Å². The van der Waals surface area contributed by atoms with Gasteiger partial charge < -0.3 is 15.4 Å². The zero-order valence-electron chi connectivity index (χ0n) is 12.7. The van der Waals surface area contributed by atoms with E-state index in [-0.39, 0.29) is 5.60 Å². The summed E-state index contributed by atoms with van der Waals surface area (Å²) in [5, 5.41) is 7.36. The molecule has 0 bridgehead atoms. The molecule has 0 radical (unpaired) electrons. The molecule has 4 rings (SSSR count). The number of hydrogen-bond donors (Lipinski definition) is 2. The number of ether oxygens (including phenoxy) is 1. The predicted molar refractivity (Wildman–Crippen MR) is 84.5 cm³/mol. The van der Waals surface area contributed by atoms with E-state index in [0.29, 0.717) is 12.1 Å². The summed E-state index contributed by atoms with van der Waals surface area (Å²) in [7, 11) is 0. The first kappa shape index (κ1) is 13.7. The molecule has 3 nitrogen and oxygen atoms in total. The maximum Gasteiger partial charge on any atom is 0.0721 e. The van der Waals surface area contributed by atoms with Crippen LogP contribution in [0.1, 0.15) is 43.6 Å². The van der Waals surface area contributed by atoms with Crippen LogP contribution in [-0.2, 0) is 4.74 Å². The molecule has 1 aromatic rings. The minimum absolute atomic E-state index is 0.165. The molecule has 2 aliphatic heterocycles. The Morgan fingerprint density at radius 1 is 1.14 bits per heavy atom. The summed E-state index contributed by atoms with van der Waals surface area (Å²) in [6.07, 6.45) is 6.03. The number of hydrogen-bond acceptors (Lipinski definition) is 3. The van der Waals surface area contributed by atoms with Crippen molar-refractivity contribution in [3.8, 4) is 0 Å². The van der Waals surface area contributed by atoms with Gasteiger partial charge >= 0.3 is 0 Å². The second-order valence-corrected chi connectivity index (χ2v) is 7.00. The van der Waals surface area contributed by atoms with Crippen LogP contribution in [0.3, 0.4) is 0 Å². The van der Waals surface area contributed by atoms with Gasteiger partial charge in [-0.05, 0) is 50.8 Å². The Hall–Kier alpha value is -0.900. The summed E-state index contributed by atoms with van der Waals surface area (Å²) in [5.74, 6) is 0.734. The molecule has 1 saturated carbocycles. The molecule has 2 N–H and O–H groups in total. The summed E-state index contributed by atoms with van der Waals surface area (Å²) in [5.41, 5.74) is 1.66. The fourth-order valence-corrected chi connectivity index (χ4v) is 4.15. The molecular formula is C18H26N2O. The Kier molecular flexibility index (Phi) is 3.74. The van der Waals surface area contributed by atoms with Crippen molar-refractivity contribution in [3.63, 3.8) is 0 Å². The predicted octanol–water partition coefficient (Wildman–Crippen LogP) is 2.43. The third-order valence-corrected chi connectivity index (χ3v) is 5.48. The Morgan fingerprint density at radius 2 is 1.95 bits per heavy atom. The van der Waals surface area contributed by atoms with Crippen molar-refractivity contribution in [1.82, 2.24) is 10.6 Å². The fraction of sp³-hybridized carbons (Fsp3) is 0.667. The molecule has 2 saturated heterocycles. The van der Waals surface area contributed by atoms with E-state index in [9.17, 15) is 0 Å². The normalized spacial score (nSPS) is 34.8. The maximum absolute atomic E-state index is 6.17. The molecule has 3 heteroatoms. The lowest BCUT2D eigenvalue weighted by Crippen LogP contribution is -2.52. The minimum atomic E-state index is 0.165. The van der Waals surface area contributed by atoms with Crippen molar-refractivity contribution in [1.29, 1.82) is 0 Å². The van der Waals surface area contributed by atoms with Crippen LogP contribution in [0.4, 0.5) is 0 Å². The zero-order valence-corrected chi connectivity index (χ0v) is 12.7. The molecule has 114 valence electrons. The van der Waals surface area contributed by atoms with Gasteiger partial charge in [-0.25, -0.2) is 0 Å². The average Bonchev–Trinajstić information content (AvgIpc) is 3.28. The van der Waals surface area contributed by atoms with Crippen molar-refractivity contribution in [2.24, 2.45) is 0 Å². The highest BCUT2D eigenvalue weighted by molar-refractivity contribution is 5.27. The lowest BCUT2D eigenvalue weighted by atomic mass is 9.83. The SMILES string of the molecule is c1ccc([C@@H]2C[C@H]2N[C@H]2CCOC3(CCNCC3)C2)cc1. The second kappa shape index (κ2) is 5.71. The second-order valence-electron chi connectivity index (χ2n) is 7.00. The van der Waals surface area contributed by atoms with E-state index >= 15 is 0 Å². The topological polar surface area (TPSA) is 33.3 Å².